The van der Waals surface area contributed by atoms with E-state index >= 15 is 0 Å². The fraction of sp³-hybridized carbons (Fsp3) is 0.619. The van der Waals surface area contributed by atoms with Crippen molar-refractivity contribution in [2.24, 2.45) is 0 Å². The van der Waals surface area contributed by atoms with Crippen LogP contribution in [0, 0.1) is 12.3 Å². The van der Waals surface area contributed by atoms with E-state index in [0.29, 0.717) is 0 Å². The maximum absolute atomic E-state index is 5.37. The van der Waals surface area contributed by atoms with Crippen molar-refractivity contribution in [1.29, 1.82) is 0 Å². The van der Waals surface area contributed by atoms with E-state index < -0.39 is 0 Å². The summed E-state index contributed by atoms with van der Waals surface area (Å²) in [4.78, 5) is 0. The maximum Gasteiger partial charge on any atom is 0.0242 e. The van der Waals surface area contributed by atoms with E-state index in [1.54, 1.807) is 0 Å². The Bertz CT molecular complexity index is 399. The summed E-state index contributed by atoms with van der Waals surface area (Å²) in [6, 6.07) is 8.44. The van der Waals surface area contributed by atoms with Crippen LogP contribution in [0.4, 0.5) is 0 Å². The Kier molecular flexibility index (Phi) is 12.0. The molecule has 0 N–H and O–H groups in total. The van der Waals surface area contributed by atoms with Crippen LogP contribution in [0.3, 0.4) is 0 Å². The molecule has 0 aliphatic heterocycles. The summed E-state index contributed by atoms with van der Waals surface area (Å²) in [7, 11) is 0. The molecule has 0 unspecified atom stereocenters. The van der Waals surface area contributed by atoms with Crippen LogP contribution in [-0.2, 0) is 6.42 Å². The van der Waals surface area contributed by atoms with Gasteiger partial charge in [0.05, 0.1) is 0 Å². The molecule has 0 saturated heterocycles. The summed E-state index contributed by atoms with van der Waals surface area (Å²) >= 11 is 2.12. The summed E-state index contributed by atoms with van der Waals surface area (Å²) in [6.45, 7) is 2.26. The zero-order valence-electron chi connectivity index (χ0n) is 14.3. The molecule has 0 heterocycles. The summed E-state index contributed by atoms with van der Waals surface area (Å²) < 4.78 is 0. The fourth-order valence-corrected chi connectivity index (χ4v) is 3.51. The van der Waals surface area contributed by atoms with Crippen LogP contribution in [0.25, 0.3) is 0 Å². The first-order chi connectivity index (χ1) is 10.9. The van der Waals surface area contributed by atoms with E-state index in [2.05, 4.69) is 36.7 Å². The highest BCUT2D eigenvalue weighted by molar-refractivity contribution is 7.99. The normalized spacial score (nSPS) is 10.5. The van der Waals surface area contributed by atoms with Gasteiger partial charge in [-0.1, -0.05) is 63.5 Å². The molecule has 122 valence electrons. The van der Waals surface area contributed by atoms with Gasteiger partial charge in [0.2, 0.25) is 0 Å². The number of benzene rings is 1. The number of thioether (sulfide) groups is 1. The standard InChI is InChI=1S/C21H32S/c1-3-18-22-19-12-10-8-6-5-7-9-11-13-21-16-14-20(4-2)15-17-21/h2,14-17H,3,5-13,18-19H2,1H3. The van der Waals surface area contributed by atoms with E-state index in [1.165, 1.54) is 81.3 Å². The summed E-state index contributed by atoms with van der Waals surface area (Å²) in [6.07, 6.45) is 19.1. The van der Waals surface area contributed by atoms with Crippen LogP contribution in [0.2, 0.25) is 0 Å². The molecular weight excluding hydrogens is 284 g/mol. The molecule has 0 spiro atoms. The number of hydrogen-bond acceptors (Lipinski definition) is 1. The molecule has 0 nitrogen and oxygen atoms in total. The minimum absolute atomic E-state index is 0.983. The third-order valence-corrected chi connectivity index (χ3v) is 5.25. The Hall–Kier alpha value is -0.870. The molecule has 1 heteroatoms. The topological polar surface area (TPSA) is 0 Å². The van der Waals surface area contributed by atoms with Gasteiger partial charge in [0, 0.05) is 5.56 Å². The van der Waals surface area contributed by atoms with E-state index in [1.807, 2.05) is 12.1 Å². The Balaban J connectivity index is 1.86. The molecule has 0 radical (unpaired) electrons. The Morgan fingerprint density at radius 1 is 0.818 bits per heavy atom. The zero-order valence-corrected chi connectivity index (χ0v) is 15.1. The van der Waals surface area contributed by atoms with Gasteiger partial charge in [-0.2, -0.15) is 11.8 Å². The van der Waals surface area contributed by atoms with E-state index in [0.717, 1.165) is 5.56 Å². The third-order valence-electron chi connectivity index (χ3n) is 3.97. The predicted octanol–water partition coefficient (Wildman–Crippen LogP) is 6.47. The Labute approximate surface area is 142 Å². The highest BCUT2D eigenvalue weighted by atomic mass is 32.2. The minimum Gasteiger partial charge on any atom is -0.162 e. The van der Waals surface area contributed by atoms with Crippen molar-refractivity contribution in [2.75, 3.05) is 11.5 Å². The number of hydrogen-bond donors (Lipinski definition) is 0. The smallest absolute Gasteiger partial charge is 0.0242 e. The largest absolute Gasteiger partial charge is 0.162 e. The molecule has 0 aromatic heterocycles. The number of rotatable bonds is 13. The molecule has 0 fully saturated rings. The fourth-order valence-electron chi connectivity index (χ4n) is 2.61. The molecule has 1 rings (SSSR count). The summed E-state index contributed by atoms with van der Waals surface area (Å²) in [5, 5.41) is 0. The van der Waals surface area contributed by atoms with E-state index in [9.17, 15) is 0 Å². The highest BCUT2D eigenvalue weighted by Crippen LogP contribution is 2.13. The van der Waals surface area contributed by atoms with Gasteiger partial charge in [0.1, 0.15) is 0 Å². The van der Waals surface area contributed by atoms with Crippen molar-refractivity contribution >= 4 is 11.8 Å². The van der Waals surface area contributed by atoms with E-state index in [-0.39, 0.29) is 0 Å². The Morgan fingerprint density at radius 3 is 2.00 bits per heavy atom. The average Bonchev–Trinajstić information content (AvgIpc) is 2.56. The van der Waals surface area contributed by atoms with Crippen LogP contribution in [0.5, 0.6) is 0 Å². The SMILES string of the molecule is C#Cc1ccc(CCCCCCCCCCSCCC)cc1. The van der Waals surface area contributed by atoms with Crippen molar-refractivity contribution in [2.45, 2.75) is 71.1 Å². The molecular formula is C21H32S. The van der Waals surface area contributed by atoms with Gasteiger partial charge in [-0.05, 0) is 54.9 Å². The predicted molar refractivity (Wildman–Crippen MR) is 103 cm³/mol. The van der Waals surface area contributed by atoms with Gasteiger partial charge in [-0.3, -0.25) is 0 Å². The van der Waals surface area contributed by atoms with Gasteiger partial charge >= 0.3 is 0 Å². The van der Waals surface area contributed by atoms with Crippen LogP contribution in [-0.4, -0.2) is 11.5 Å². The van der Waals surface area contributed by atoms with Gasteiger partial charge in [0.15, 0.2) is 0 Å². The lowest BCUT2D eigenvalue weighted by Gasteiger charge is -2.03. The lowest BCUT2D eigenvalue weighted by molar-refractivity contribution is 0.576. The lowest BCUT2D eigenvalue weighted by Crippen LogP contribution is -1.87. The maximum atomic E-state index is 5.37. The van der Waals surface area contributed by atoms with Crippen molar-refractivity contribution in [3.8, 4) is 12.3 Å². The van der Waals surface area contributed by atoms with Crippen LogP contribution >= 0.6 is 11.8 Å². The van der Waals surface area contributed by atoms with Crippen LogP contribution < -0.4 is 0 Å². The monoisotopic (exact) mass is 316 g/mol. The summed E-state index contributed by atoms with van der Waals surface area (Å²) in [5.41, 5.74) is 2.40. The molecule has 22 heavy (non-hydrogen) atoms. The molecule has 0 saturated carbocycles. The number of unbranched alkanes of at least 4 members (excludes halogenated alkanes) is 7. The molecule has 0 aliphatic carbocycles. The first-order valence-corrected chi connectivity index (χ1v) is 10.2. The molecule has 1 aromatic carbocycles. The lowest BCUT2D eigenvalue weighted by atomic mass is 10.0. The highest BCUT2D eigenvalue weighted by Gasteiger charge is 1.96. The second kappa shape index (κ2) is 13.8. The number of aryl methyl sites for hydroxylation is 1. The Morgan fingerprint density at radius 2 is 1.41 bits per heavy atom. The van der Waals surface area contributed by atoms with Crippen LogP contribution in [0.1, 0.15) is 75.8 Å². The number of terminal acetylenes is 1. The molecule has 1 aromatic rings. The third kappa shape index (κ3) is 9.96. The van der Waals surface area contributed by atoms with Gasteiger partial charge in [-0.25, -0.2) is 0 Å². The van der Waals surface area contributed by atoms with E-state index in [4.69, 9.17) is 6.42 Å². The van der Waals surface area contributed by atoms with Crippen molar-refractivity contribution in [1.82, 2.24) is 0 Å². The first kappa shape index (κ1) is 19.2. The molecule has 0 amide bonds. The molecule has 0 atom stereocenters. The quantitative estimate of drug-likeness (QED) is 0.297. The van der Waals surface area contributed by atoms with Crippen molar-refractivity contribution in [3.63, 3.8) is 0 Å². The first-order valence-electron chi connectivity index (χ1n) is 9.00. The van der Waals surface area contributed by atoms with Gasteiger partial charge < -0.3 is 0 Å². The average molecular weight is 317 g/mol. The summed E-state index contributed by atoms with van der Waals surface area (Å²) in [5.74, 6) is 5.37. The second-order valence-corrected chi connectivity index (χ2v) is 7.26. The van der Waals surface area contributed by atoms with Gasteiger partial charge in [-0.15, -0.1) is 6.42 Å². The molecule has 0 aliphatic rings. The van der Waals surface area contributed by atoms with Gasteiger partial charge in [0.25, 0.3) is 0 Å². The van der Waals surface area contributed by atoms with Crippen LogP contribution in [0.15, 0.2) is 24.3 Å². The second-order valence-electron chi connectivity index (χ2n) is 6.03. The minimum atomic E-state index is 0.983. The van der Waals surface area contributed by atoms with Crippen molar-refractivity contribution < 1.29 is 0 Å². The van der Waals surface area contributed by atoms with Crippen molar-refractivity contribution in [3.05, 3.63) is 35.4 Å². The zero-order chi connectivity index (χ0) is 15.9. The molecule has 0 bridgehead atoms.